The summed E-state index contributed by atoms with van der Waals surface area (Å²) >= 11 is 0. The molecular formula is C22H24N2O3. The fourth-order valence-electron chi connectivity index (χ4n) is 3.05. The summed E-state index contributed by atoms with van der Waals surface area (Å²) in [5.74, 6) is -0.846. The topological polar surface area (TPSA) is 78.8 Å². The molecule has 0 aliphatic heterocycles. The molecule has 140 valence electrons. The van der Waals surface area contributed by atoms with E-state index < -0.39 is 5.97 Å². The number of hydrogen-bond acceptors (Lipinski definition) is 3. The first-order valence-electron chi connectivity index (χ1n) is 9.02. The number of aromatic carboxylic acids is 1. The van der Waals surface area contributed by atoms with Crippen LogP contribution in [0.1, 0.15) is 60.2 Å². The van der Waals surface area contributed by atoms with E-state index in [1.807, 2.05) is 0 Å². The fraction of sp³-hybridized carbons (Fsp3) is 0.318. The van der Waals surface area contributed by atoms with Gasteiger partial charge in [0, 0.05) is 5.92 Å². The summed E-state index contributed by atoms with van der Waals surface area (Å²) in [6, 6.07) is 14.8. The largest absolute Gasteiger partial charge is 0.478 e. The van der Waals surface area contributed by atoms with Crippen LogP contribution in [-0.4, -0.2) is 23.2 Å². The third-order valence-corrected chi connectivity index (χ3v) is 4.88. The highest BCUT2D eigenvalue weighted by atomic mass is 16.4. The first-order chi connectivity index (χ1) is 12.8. The zero-order valence-electron chi connectivity index (χ0n) is 15.8. The first-order valence-corrected chi connectivity index (χ1v) is 9.02. The quantitative estimate of drug-likeness (QED) is 0.623. The molecule has 1 amide bonds. The number of nitrogens with zero attached hydrogens (tertiary/aromatic N) is 1. The lowest BCUT2D eigenvalue weighted by Crippen LogP contribution is -2.20. The number of hydrogen-bond donors (Lipinski definition) is 2. The van der Waals surface area contributed by atoms with Gasteiger partial charge in [-0.3, -0.25) is 4.79 Å². The predicted octanol–water partition coefficient (Wildman–Crippen LogP) is 3.94. The molecule has 1 aliphatic carbocycles. The van der Waals surface area contributed by atoms with Crippen LogP contribution in [0.2, 0.25) is 0 Å². The van der Waals surface area contributed by atoms with Crippen molar-refractivity contribution in [1.82, 2.24) is 5.43 Å². The third kappa shape index (κ3) is 4.61. The van der Waals surface area contributed by atoms with Crippen molar-refractivity contribution in [3.8, 4) is 0 Å². The summed E-state index contributed by atoms with van der Waals surface area (Å²) in [6.07, 6.45) is 2.35. The lowest BCUT2D eigenvalue weighted by molar-refractivity contribution is -0.122. The Kier molecular flexibility index (Phi) is 5.13. The Bertz CT molecular complexity index is 862. The first kappa shape index (κ1) is 18.8. The van der Waals surface area contributed by atoms with Crippen molar-refractivity contribution in [3.05, 3.63) is 70.8 Å². The van der Waals surface area contributed by atoms with Crippen LogP contribution < -0.4 is 5.43 Å². The van der Waals surface area contributed by atoms with Gasteiger partial charge in [0.05, 0.1) is 11.8 Å². The highest BCUT2D eigenvalue weighted by Crippen LogP contribution is 2.47. The number of benzene rings is 2. The number of carbonyl (C=O) groups excluding carboxylic acids is 1. The number of hydrazone groups is 1. The number of carboxylic acids is 1. The van der Waals surface area contributed by atoms with Gasteiger partial charge in [-0.2, -0.15) is 5.10 Å². The molecule has 2 N–H and O–H groups in total. The highest BCUT2D eigenvalue weighted by Gasteiger charge is 2.43. The SMILES string of the molecule is CC(C)(C)c1ccc([C@H]2C[C@H]2C(=O)N/N=C/c2ccc(C(=O)O)cc2)cc1. The van der Waals surface area contributed by atoms with Crippen molar-refractivity contribution in [3.63, 3.8) is 0 Å². The standard InChI is InChI=1S/C22H24N2O3/c1-22(2,3)17-10-8-15(9-11-17)18-12-19(18)20(25)24-23-13-14-4-6-16(7-5-14)21(26)27/h4-11,13,18-19H,12H2,1-3H3,(H,24,25)(H,26,27)/b23-13+/t18-,19-/m1/s1. The van der Waals surface area contributed by atoms with Gasteiger partial charge in [0.15, 0.2) is 0 Å². The molecular weight excluding hydrogens is 340 g/mol. The van der Waals surface area contributed by atoms with Crippen LogP contribution in [0.3, 0.4) is 0 Å². The zero-order chi connectivity index (χ0) is 19.6. The van der Waals surface area contributed by atoms with Crippen LogP contribution in [0.4, 0.5) is 0 Å². The van der Waals surface area contributed by atoms with E-state index in [-0.39, 0.29) is 28.7 Å². The number of carbonyl (C=O) groups is 2. The van der Waals surface area contributed by atoms with Gasteiger partial charge in [0.2, 0.25) is 5.91 Å². The van der Waals surface area contributed by atoms with Gasteiger partial charge in [-0.1, -0.05) is 57.2 Å². The molecule has 5 heteroatoms. The zero-order valence-corrected chi connectivity index (χ0v) is 15.8. The van der Waals surface area contributed by atoms with Gasteiger partial charge in [-0.15, -0.1) is 0 Å². The maximum absolute atomic E-state index is 12.2. The van der Waals surface area contributed by atoms with Gasteiger partial charge in [-0.25, -0.2) is 10.2 Å². The molecule has 0 saturated heterocycles. The summed E-state index contributed by atoms with van der Waals surface area (Å²) in [7, 11) is 0. The molecule has 0 radical (unpaired) electrons. The van der Waals surface area contributed by atoms with E-state index in [1.54, 1.807) is 12.1 Å². The molecule has 2 atom stereocenters. The predicted molar refractivity (Wildman–Crippen MR) is 105 cm³/mol. The maximum atomic E-state index is 12.2. The van der Waals surface area contributed by atoms with Crippen molar-refractivity contribution in [2.45, 2.75) is 38.5 Å². The van der Waals surface area contributed by atoms with Gasteiger partial charge >= 0.3 is 5.97 Å². The molecule has 1 fully saturated rings. The maximum Gasteiger partial charge on any atom is 0.335 e. The minimum Gasteiger partial charge on any atom is -0.478 e. The number of rotatable bonds is 5. The van der Waals surface area contributed by atoms with E-state index in [2.05, 4.69) is 55.6 Å². The third-order valence-electron chi connectivity index (χ3n) is 4.88. The summed E-state index contributed by atoms with van der Waals surface area (Å²) in [6.45, 7) is 6.55. The fourth-order valence-corrected chi connectivity index (χ4v) is 3.05. The smallest absolute Gasteiger partial charge is 0.335 e. The van der Waals surface area contributed by atoms with Crippen LogP contribution in [0.25, 0.3) is 0 Å². The van der Waals surface area contributed by atoms with Crippen LogP contribution in [0.15, 0.2) is 53.6 Å². The molecule has 0 unspecified atom stereocenters. The van der Waals surface area contributed by atoms with Crippen LogP contribution in [0, 0.1) is 5.92 Å². The van der Waals surface area contributed by atoms with E-state index in [1.165, 1.54) is 29.5 Å². The average molecular weight is 364 g/mol. The molecule has 0 bridgehead atoms. The Hall–Kier alpha value is -2.95. The Labute approximate surface area is 159 Å². The molecule has 0 aromatic heterocycles. The van der Waals surface area contributed by atoms with Gasteiger partial charge in [0.25, 0.3) is 0 Å². The van der Waals surface area contributed by atoms with Crippen molar-refractivity contribution in [2.75, 3.05) is 0 Å². The lowest BCUT2D eigenvalue weighted by Gasteiger charge is -2.19. The molecule has 2 aromatic rings. The van der Waals surface area contributed by atoms with Crippen molar-refractivity contribution in [1.29, 1.82) is 0 Å². The van der Waals surface area contributed by atoms with Gasteiger partial charge < -0.3 is 5.11 Å². The summed E-state index contributed by atoms with van der Waals surface area (Å²) < 4.78 is 0. The van der Waals surface area contributed by atoms with E-state index in [0.29, 0.717) is 0 Å². The van der Waals surface area contributed by atoms with Crippen LogP contribution in [-0.2, 0) is 10.2 Å². The van der Waals surface area contributed by atoms with E-state index in [9.17, 15) is 9.59 Å². The second-order valence-electron chi connectivity index (χ2n) is 7.98. The Morgan fingerprint density at radius 3 is 2.26 bits per heavy atom. The number of carboxylic acid groups (broad SMARTS) is 1. The average Bonchev–Trinajstić information content (AvgIpc) is 3.42. The summed E-state index contributed by atoms with van der Waals surface area (Å²) in [4.78, 5) is 23.1. The molecule has 1 saturated carbocycles. The molecule has 2 aromatic carbocycles. The lowest BCUT2D eigenvalue weighted by atomic mass is 9.86. The summed E-state index contributed by atoms with van der Waals surface area (Å²) in [5.41, 5.74) is 6.12. The Morgan fingerprint density at radius 2 is 1.70 bits per heavy atom. The molecule has 0 spiro atoms. The minimum absolute atomic E-state index is 0.0444. The van der Waals surface area contributed by atoms with Crippen LogP contribution in [0.5, 0.6) is 0 Å². The molecule has 0 heterocycles. The normalized spacial score (nSPS) is 19.1. The van der Waals surface area contributed by atoms with Crippen molar-refractivity contribution >= 4 is 18.1 Å². The second kappa shape index (κ2) is 7.35. The van der Waals surface area contributed by atoms with Crippen molar-refractivity contribution < 1.29 is 14.7 Å². The highest BCUT2D eigenvalue weighted by molar-refractivity contribution is 5.89. The molecule has 27 heavy (non-hydrogen) atoms. The molecule has 3 rings (SSSR count). The Morgan fingerprint density at radius 1 is 1.07 bits per heavy atom. The second-order valence-corrected chi connectivity index (χ2v) is 7.98. The minimum atomic E-state index is -0.970. The van der Waals surface area contributed by atoms with E-state index in [4.69, 9.17) is 5.11 Å². The molecule has 1 aliphatic rings. The van der Waals surface area contributed by atoms with E-state index in [0.717, 1.165) is 12.0 Å². The van der Waals surface area contributed by atoms with E-state index >= 15 is 0 Å². The monoisotopic (exact) mass is 364 g/mol. The Balaban J connectivity index is 1.53. The van der Waals surface area contributed by atoms with Crippen molar-refractivity contribution in [2.24, 2.45) is 11.0 Å². The van der Waals surface area contributed by atoms with Crippen LogP contribution >= 0.6 is 0 Å². The van der Waals surface area contributed by atoms with Gasteiger partial charge in [0.1, 0.15) is 0 Å². The summed E-state index contributed by atoms with van der Waals surface area (Å²) in [5, 5.41) is 12.9. The number of nitrogens with one attached hydrogen (secondary N) is 1. The number of amides is 1. The molecule has 5 nitrogen and oxygen atoms in total. The van der Waals surface area contributed by atoms with Gasteiger partial charge in [-0.05, 0) is 46.6 Å².